The van der Waals surface area contributed by atoms with Gasteiger partial charge in [0.25, 0.3) is 5.91 Å². The number of ether oxygens (including phenoxy) is 1. The minimum atomic E-state index is -0.395. The van der Waals surface area contributed by atoms with Gasteiger partial charge in [0.15, 0.2) is 0 Å². The third kappa shape index (κ3) is 5.10. The highest BCUT2D eigenvalue weighted by Crippen LogP contribution is 2.24. The molecule has 31 heavy (non-hydrogen) atoms. The van der Waals surface area contributed by atoms with Crippen molar-refractivity contribution in [3.8, 4) is 0 Å². The molecule has 2 fully saturated rings. The Hall–Kier alpha value is -2.38. The van der Waals surface area contributed by atoms with Crippen LogP contribution in [-0.4, -0.2) is 67.6 Å². The zero-order valence-corrected chi connectivity index (χ0v) is 19.4. The van der Waals surface area contributed by atoms with Crippen LogP contribution < -0.4 is 4.90 Å². The highest BCUT2D eigenvalue weighted by atomic mass is 79.9. The van der Waals surface area contributed by atoms with Crippen LogP contribution in [0.25, 0.3) is 0 Å². The van der Waals surface area contributed by atoms with E-state index in [0.717, 1.165) is 42.8 Å². The Kier molecular flexibility index (Phi) is 6.92. The number of likely N-dealkylation sites (N-methyl/N-ethyl adjacent to an activating group) is 1. The van der Waals surface area contributed by atoms with E-state index in [0.29, 0.717) is 25.1 Å². The molecule has 0 bridgehead atoms. The number of hydrogen-bond donors (Lipinski definition) is 0. The van der Waals surface area contributed by atoms with Crippen LogP contribution in [0.15, 0.2) is 53.0 Å². The minimum absolute atomic E-state index is 0.000201. The standard InChI is InChI=1S/C24H28BrN3O3/c1-26(17-18-4-10-21(11-5-18)27-13-15-31-16-14-27)24(30)22-3-2-12-28(22)23(29)19-6-8-20(25)9-7-19/h4-11,22H,2-3,12-17H2,1H3. The van der Waals surface area contributed by atoms with E-state index < -0.39 is 6.04 Å². The van der Waals surface area contributed by atoms with Crippen molar-refractivity contribution in [1.82, 2.24) is 9.80 Å². The average molecular weight is 486 g/mol. The van der Waals surface area contributed by atoms with Gasteiger partial charge in [0.1, 0.15) is 6.04 Å². The molecule has 2 saturated heterocycles. The lowest BCUT2D eigenvalue weighted by atomic mass is 10.1. The van der Waals surface area contributed by atoms with Crippen LogP contribution in [0.3, 0.4) is 0 Å². The molecule has 1 unspecified atom stereocenters. The van der Waals surface area contributed by atoms with Gasteiger partial charge < -0.3 is 19.4 Å². The number of halogens is 1. The van der Waals surface area contributed by atoms with Crippen LogP contribution in [-0.2, 0) is 16.1 Å². The number of likely N-dealkylation sites (tertiary alicyclic amines) is 1. The molecule has 2 amide bonds. The lowest BCUT2D eigenvalue weighted by Gasteiger charge is -2.29. The summed E-state index contributed by atoms with van der Waals surface area (Å²) in [5.41, 5.74) is 2.88. The maximum atomic E-state index is 13.2. The molecule has 2 aromatic rings. The van der Waals surface area contributed by atoms with E-state index in [1.54, 1.807) is 21.9 Å². The maximum Gasteiger partial charge on any atom is 0.254 e. The van der Waals surface area contributed by atoms with Crippen molar-refractivity contribution in [2.75, 3.05) is 44.8 Å². The number of carbonyl (C=O) groups is 2. The predicted octanol–water partition coefficient (Wildman–Crippen LogP) is 3.55. The number of amides is 2. The molecular formula is C24H28BrN3O3. The largest absolute Gasteiger partial charge is 0.378 e. The van der Waals surface area contributed by atoms with Crippen LogP contribution in [0.1, 0.15) is 28.8 Å². The minimum Gasteiger partial charge on any atom is -0.378 e. The monoisotopic (exact) mass is 485 g/mol. The predicted molar refractivity (Wildman–Crippen MR) is 124 cm³/mol. The molecule has 0 N–H and O–H groups in total. The van der Waals surface area contributed by atoms with E-state index in [1.807, 2.05) is 19.2 Å². The van der Waals surface area contributed by atoms with Crippen molar-refractivity contribution in [1.29, 1.82) is 0 Å². The summed E-state index contributed by atoms with van der Waals surface area (Å²) in [6.07, 6.45) is 1.56. The molecule has 0 saturated carbocycles. The molecule has 6 nitrogen and oxygen atoms in total. The second-order valence-electron chi connectivity index (χ2n) is 8.12. The van der Waals surface area contributed by atoms with Gasteiger partial charge in [-0.3, -0.25) is 9.59 Å². The summed E-state index contributed by atoms with van der Waals surface area (Å²) in [5.74, 6) is -0.0770. The van der Waals surface area contributed by atoms with Gasteiger partial charge in [-0.1, -0.05) is 28.1 Å². The van der Waals surface area contributed by atoms with Crippen LogP contribution >= 0.6 is 15.9 Å². The summed E-state index contributed by atoms with van der Waals surface area (Å²) in [7, 11) is 1.82. The van der Waals surface area contributed by atoms with E-state index in [2.05, 4.69) is 45.1 Å². The Morgan fingerprint density at radius 1 is 1.03 bits per heavy atom. The smallest absolute Gasteiger partial charge is 0.254 e. The number of carbonyl (C=O) groups excluding carboxylic acids is 2. The fraction of sp³-hybridized carbons (Fsp3) is 0.417. The first-order chi connectivity index (χ1) is 15.0. The molecule has 1 atom stereocenters. The van der Waals surface area contributed by atoms with Crippen molar-refractivity contribution in [2.24, 2.45) is 0 Å². The Bertz CT molecular complexity index is 911. The van der Waals surface area contributed by atoms with Crippen LogP contribution in [0.4, 0.5) is 5.69 Å². The summed E-state index contributed by atoms with van der Waals surface area (Å²) in [6.45, 7) is 4.47. The average Bonchev–Trinajstić information content (AvgIpc) is 3.29. The van der Waals surface area contributed by atoms with Gasteiger partial charge in [-0.25, -0.2) is 0 Å². The Labute approximate surface area is 191 Å². The van der Waals surface area contributed by atoms with Gasteiger partial charge in [-0.05, 0) is 54.8 Å². The van der Waals surface area contributed by atoms with Crippen molar-refractivity contribution >= 4 is 33.4 Å². The summed E-state index contributed by atoms with van der Waals surface area (Å²) in [4.78, 5) is 31.9. The summed E-state index contributed by atoms with van der Waals surface area (Å²) < 4.78 is 6.34. The van der Waals surface area contributed by atoms with E-state index in [1.165, 1.54) is 5.69 Å². The Morgan fingerprint density at radius 3 is 2.39 bits per heavy atom. The normalized spacial score (nSPS) is 18.8. The molecular weight excluding hydrogens is 458 g/mol. The Morgan fingerprint density at radius 2 is 1.71 bits per heavy atom. The summed E-state index contributed by atoms with van der Waals surface area (Å²) in [6, 6.07) is 15.3. The SMILES string of the molecule is CN(Cc1ccc(N2CCOCC2)cc1)C(=O)C1CCCN1C(=O)c1ccc(Br)cc1. The number of rotatable bonds is 5. The summed E-state index contributed by atoms with van der Waals surface area (Å²) >= 11 is 3.40. The number of nitrogens with zero attached hydrogens (tertiary/aromatic N) is 3. The second kappa shape index (κ2) is 9.83. The van der Waals surface area contributed by atoms with E-state index >= 15 is 0 Å². The highest BCUT2D eigenvalue weighted by Gasteiger charge is 2.36. The van der Waals surface area contributed by atoms with Crippen molar-refractivity contribution in [3.05, 3.63) is 64.1 Å². The maximum absolute atomic E-state index is 13.2. The topological polar surface area (TPSA) is 53.1 Å². The highest BCUT2D eigenvalue weighted by molar-refractivity contribution is 9.10. The number of hydrogen-bond acceptors (Lipinski definition) is 4. The van der Waals surface area contributed by atoms with Gasteiger partial charge in [0.2, 0.25) is 5.91 Å². The fourth-order valence-electron chi connectivity index (χ4n) is 4.26. The van der Waals surface area contributed by atoms with Crippen LogP contribution in [0.5, 0.6) is 0 Å². The van der Waals surface area contributed by atoms with Gasteiger partial charge in [0.05, 0.1) is 13.2 Å². The first-order valence-corrected chi connectivity index (χ1v) is 11.6. The van der Waals surface area contributed by atoms with E-state index in [4.69, 9.17) is 4.74 Å². The number of benzene rings is 2. The van der Waals surface area contributed by atoms with Crippen molar-refractivity contribution in [2.45, 2.75) is 25.4 Å². The lowest BCUT2D eigenvalue weighted by molar-refractivity contribution is -0.134. The quantitative estimate of drug-likeness (QED) is 0.649. The number of morpholine rings is 1. The van der Waals surface area contributed by atoms with Gasteiger partial charge in [0, 0.05) is 49.0 Å². The second-order valence-corrected chi connectivity index (χ2v) is 9.04. The molecule has 7 heteroatoms. The van der Waals surface area contributed by atoms with E-state index in [-0.39, 0.29) is 11.8 Å². The first kappa shape index (κ1) is 21.8. The molecule has 164 valence electrons. The zero-order chi connectivity index (χ0) is 21.8. The Balaban J connectivity index is 1.38. The van der Waals surface area contributed by atoms with Gasteiger partial charge in [-0.15, -0.1) is 0 Å². The zero-order valence-electron chi connectivity index (χ0n) is 17.8. The number of anilines is 1. The van der Waals surface area contributed by atoms with Gasteiger partial charge in [-0.2, -0.15) is 0 Å². The molecule has 2 aliphatic rings. The molecule has 2 aromatic carbocycles. The third-order valence-corrected chi connectivity index (χ3v) is 6.53. The fourth-order valence-corrected chi connectivity index (χ4v) is 4.53. The van der Waals surface area contributed by atoms with Crippen molar-refractivity contribution in [3.63, 3.8) is 0 Å². The molecule has 0 spiro atoms. The van der Waals surface area contributed by atoms with Crippen molar-refractivity contribution < 1.29 is 14.3 Å². The molecule has 0 aromatic heterocycles. The summed E-state index contributed by atoms with van der Waals surface area (Å²) in [5, 5.41) is 0. The van der Waals surface area contributed by atoms with E-state index in [9.17, 15) is 9.59 Å². The first-order valence-electron chi connectivity index (χ1n) is 10.8. The van der Waals surface area contributed by atoms with Gasteiger partial charge >= 0.3 is 0 Å². The lowest BCUT2D eigenvalue weighted by Crippen LogP contribution is -2.46. The molecule has 0 radical (unpaired) electrons. The van der Waals surface area contributed by atoms with Crippen LogP contribution in [0, 0.1) is 0 Å². The molecule has 4 rings (SSSR count). The molecule has 2 aliphatic heterocycles. The molecule has 0 aliphatic carbocycles. The third-order valence-electron chi connectivity index (χ3n) is 6.00. The molecule has 2 heterocycles. The van der Waals surface area contributed by atoms with Crippen LogP contribution in [0.2, 0.25) is 0 Å².